The predicted octanol–water partition coefficient (Wildman–Crippen LogP) is 2.45. The number of carbonyl (C=O) groups excluding carboxylic acids is 1. The minimum Gasteiger partial charge on any atom is -0.330 e. The van der Waals surface area contributed by atoms with Gasteiger partial charge in [-0.3, -0.25) is 4.79 Å². The fourth-order valence-corrected chi connectivity index (χ4v) is 2.67. The quantitative estimate of drug-likeness (QED) is 0.921. The average molecular weight is 293 g/mol. The molecule has 106 valence electrons. The van der Waals surface area contributed by atoms with E-state index in [0.717, 1.165) is 5.01 Å². The van der Waals surface area contributed by atoms with Gasteiger partial charge in [0.15, 0.2) is 0 Å². The highest BCUT2D eigenvalue weighted by Crippen LogP contribution is 2.21. The molecule has 1 aromatic carbocycles. The third-order valence-electron chi connectivity index (χ3n) is 2.83. The lowest BCUT2D eigenvalue weighted by molar-refractivity contribution is 0.0983. The zero-order chi connectivity index (χ0) is 14.5. The predicted molar refractivity (Wildman–Crippen MR) is 78.6 cm³/mol. The summed E-state index contributed by atoms with van der Waals surface area (Å²) in [6, 6.07) is 6.23. The normalized spacial score (nSPS) is 10.6. The van der Waals surface area contributed by atoms with E-state index < -0.39 is 5.82 Å². The molecule has 1 heterocycles. The van der Waals surface area contributed by atoms with Gasteiger partial charge < -0.3 is 10.6 Å². The Labute approximate surface area is 121 Å². The van der Waals surface area contributed by atoms with Gasteiger partial charge in [0.25, 0.3) is 5.91 Å². The lowest BCUT2D eigenvalue weighted by atomic mass is 10.2. The number of nitrogens with two attached hydrogens (primary N) is 1. The van der Waals surface area contributed by atoms with Crippen molar-refractivity contribution in [2.45, 2.75) is 13.3 Å². The number of carbonyl (C=O) groups is 1. The maximum atomic E-state index is 13.8. The first-order valence-corrected chi connectivity index (χ1v) is 7.26. The van der Waals surface area contributed by atoms with Crippen LogP contribution in [0.1, 0.15) is 22.4 Å². The number of halogens is 1. The highest BCUT2D eigenvalue weighted by atomic mass is 32.1. The summed E-state index contributed by atoms with van der Waals surface area (Å²) in [4.78, 5) is 18.1. The van der Waals surface area contributed by atoms with Crippen LogP contribution in [-0.4, -0.2) is 24.0 Å². The smallest absolute Gasteiger partial charge is 0.277 e. The highest BCUT2D eigenvalue weighted by Gasteiger charge is 2.21. The van der Waals surface area contributed by atoms with E-state index in [9.17, 15) is 9.18 Å². The second-order valence-electron chi connectivity index (χ2n) is 4.17. The Balaban J connectivity index is 2.27. The summed E-state index contributed by atoms with van der Waals surface area (Å²) >= 11 is 1.40. The molecule has 0 unspecified atom stereocenters. The number of para-hydroxylation sites is 1. The van der Waals surface area contributed by atoms with E-state index in [1.807, 2.05) is 0 Å². The molecule has 4 nitrogen and oxygen atoms in total. The number of amides is 1. The zero-order valence-electron chi connectivity index (χ0n) is 11.2. The van der Waals surface area contributed by atoms with Crippen molar-refractivity contribution in [3.63, 3.8) is 0 Å². The van der Waals surface area contributed by atoms with E-state index in [4.69, 9.17) is 5.73 Å². The second kappa shape index (κ2) is 6.58. The number of nitrogens with zero attached hydrogens (tertiary/aromatic N) is 2. The van der Waals surface area contributed by atoms with Crippen LogP contribution < -0.4 is 10.6 Å². The van der Waals surface area contributed by atoms with Crippen molar-refractivity contribution >= 4 is 22.9 Å². The van der Waals surface area contributed by atoms with Crippen molar-refractivity contribution in [1.29, 1.82) is 0 Å². The average Bonchev–Trinajstić information content (AvgIpc) is 2.90. The molecule has 2 rings (SSSR count). The van der Waals surface area contributed by atoms with Crippen LogP contribution in [0.4, 0.5) is 10.1 Å². The van der Waals surface area contributed by atoms with Crippen LogP contribution >= 0.6 is 11.3 Å². The van der Waals surface area contributed by atoms with Crippen molar-refractivity contribution in [2.75, 3.05) is 18.0 Å². The third kappa shape index (κ3) is 3.02. The molecule has 20 heavy (non-hydrogen) atoms. The molecule has 0 fully saturated rings. The number of rotatable bonds is 5. The summed E-state index contributed by atoms with van der Waals surface area (Å²) in [6.45, 7) is 2.67. The van der Waals surface area contributed by atoms with E-state index in [1.54, 1.807) is 30.5 Å². The number of thiazole rings is 1. The maximum Gasteiger partial charge on any atom is 0.277 e. The Morgan fingerprint density at radius 2 is 2.20 bits per heavy atom. The van der Waals surface area contributed by atoms with Gasteiger partial charge in [0, 0.05) is 18.3 Å². The van der Waals surface area contributed by atoms with Crippen molar-refractivity contribution in [2.24, 2.45) is 5.73 Å². The fourth-order valence-electron chi connectivity index (χ4n) is 1.88. The van der Waals surface area contributed by atoms with E-state index in [0.29, 0.717) is 25.2 Å². The molecule has 0 radical (unpaired) electrons. The molecule has 0 saturated carbocycles. The molecule has 1 aromatic heterocycles. The molecule has 6 heteroatoms. The molecule has 0 aliphatic rings. The molecule has 0 atom stereocenters. The molecule has 0 spiro atoms. The second-order valence-corrected chi connectivity index (χ2v) is 5.11. The number of hydrogen-bond donors (Lipinski definition) is 1. The molecule has 2 N–H and O–H groups in total. The van der Waals surface area contributed by atoms with Crippen molar-refractivity contribution in [3.05, 3.63) is 46.2 Å². The van der Waals surface area contributed by atoms with Crippen molar-refractivity contribution in [3.8, 4) is 0 Å². The summed E-state index contributed by atoms with van der Waals surface area (Å²) in [7, 11) is 0. The number of benzene rings is 1. The topological polar surface area (TPSA) is 59.2 Å². The molecule has 1 amide bonds. The van der Waals surface area contributed by atoms with Crippen LogP contribution in [0.15, 0.2) is 29.6 Å². The van der Waals surface area contributed by atoms with E-state index in [2.05, 4.69) is 4.98 Å². The third-order valence-corrected chi connectivity index (χ3v) is 3.74. The SMILES string of the molecule is CCN(C(=O)c1csc(CCN)n1)c1ccccc1F. The first-order valence-electron chi connectivity index (χ1n) is 6.38. The van der Waals surface area contributed by atoms with Gasteiger partial charge in [0.05, 0.1) is 10.7 Å². The Bertz CT molecular complexity index is 600. The van der Waals surface area contributed by atoms with Gasteiger partial charge in [-0.1, -0.05) is 12.1 Å². The minimum atomic E-state index is -0.417. The summed E-state index contributed by atoms with van der Waals surface area (Å²) < 4.78 is 13.8. The van der Waals surface area contributed by atoms with Crippen LogP contribution in [0.5, 0.6) is 0 Å². The van der Waals surface area contributed by atoms with Gasteiger partial charge in [-0.2, -0.15) is 0 Å². The van der Waals surface area contributed by atoms with Gasteiger partial charge in [-0.05, 0) is 25.6 Å². The number of hydrogen-bond acceptors (Lipinski definition) is 4. The molecule has 0 aliphatic heterocycles. The summed E-state index contributed by atoms with van der Waals surface area (Å²) in [5, 5.41) is 2.51. The molecule has 0 saturated heterocycles. The van der Waals surface area contributed by atoms with E-state index >= 15 is 0 Å². The molecular formula is C14H16FN3OS. The first-order chi connectivity index (χ1) is 9.67. The van der Waals surface area contributed by atoms with Crippen LogP contribution in [0.3, 0.4) is 0 Å². The molecule has 0 bridgehead atoms. The van der Waals surface area contributed by atoms with Gasteiger partial charge in [0.1, 0.15) is 11.5 Å². The highest BCUT2D eigenvalue weighted by molar-refractivity contribution is 7.09. The van der Waals surface area contributed by atoms with Gasteiger partial charge >= 0.3 is 0 Å². The van der Waals surface area contributed by atoms with Gasteiger partial charge in [-0.25, -0.2) is 9.37 Å². The first kappa shape index (κ1) is 14.6. The lowest BCUT2D eigenvalue weighted by Crippen LogP contribution is -2.31. The van der Waals surface area contributed by atoms with E-state index in [-0.39, 0.29) is 11.6 Å². The van der Waals surface area contributed by atoms with E-state index in [1.165, 1.54) is 22.3 Å². The van der Waals surface area contributed by atoms with Crippen LogP contribution in [-0.2, 0) is 6.42 Å². The van der Waals surface area contributed by atoms with Crippen molar-refractivity contribution in [1.82, 2.24) is 4.98 Å². The molecular weight excluding hydrogens is 277 g/mol. The van der Waals surface area contributed by atoms with Gasteiger partial charge in [0.2, 0.25) is 0 Å². The Morgan fingerprint density at radius 3 is 2.85 bits per heavy atom. The van der Waals surface area contributed by atoms with Crippen molar-refractivity contribution < 1.29 is 9.18 Å². The van der Waals surface area contributed by atoms with Crippen LogP contribution in [0.25, 0.3) is 0 Å². The summed E-state index contributed by atoms with van der Waals surface area (Å²) in [5.74, 6) is -0.711. The maximum absolute atomic E-state index is 13.8. The monoisotopic (exact) mass is 293 g/mol. The number of anilines is 1. The minimum absolute atomic E-state index is 0.272. The summed E-state index contributed by atoms with van der Waals surface area (Å²) in [6.07, 6.45) is 0.643. The number of aromatic nitrogens is 1. The fraction of sp³-hybridized carbons (Fsp3) is 0.286. The molecule has 0 aliphatic carbocycles. The van der Waals surface area contributed by atoms with Gasteiger partial charge in [-0.15, -0.1) is 11.3 Å². The van der Waals surface area contributed by atoms with Crippen LogP contribution in [0.2, 0.25) is 0 Å². The zero-order valence-corrected chi connectivity index (χ0v) is 12.0. The molecule has 2 aromatic rings. The van der Waals surface area contributed by atoms with Crippen LogP contribution in [0, 0.1) is 5.82 Å². The largest absolute Gasteiger partial charge is 0.330 e. The lowest BCUT2D eigenvalue weighted by Gasteiger charge is -2.20. The Kier molecular flexibility index (Phi) is 4.81. The standard InChI is InChI=1S/C14H16FN3OS/c1-2-18(12-6-4-3-5-10(12)15)14(19)11-9-20-13(17-11)7-8-16/h3-6,9H,2,7-8,16H2,1H3. The Hall–Kier alpha value is -1.79. The summed E-state index contributed by atoms with van der Waals surface area (Å²) in [5.41, 5.74) is 6.07. The Morgan fingerprint density at radius 1 is 1.45 bits per heavy atom.